The van der Waals surface area contributed by atoms with Gasteiger partial charge in [0, 0.05) is 35.6 Å². The van der Waals surface area contributed by atoms with Crippen LogP contribution in [0.3, 0.4) is 0 Å². The third-order valence-electron chi connectivity index (χ3n) is 2.37. The lowest BCUT2D eigenvalue weighted by Gasteiger charge is -2.09. The second kappa shape index (κ2) is 2.87. The summed E-state index contributed by atoms with van der Waals surface area (Å²) < 4.78 is 0. The van der Waals surface area contributed by atoms with Crippen molar-refractivity contribution < 1.29 is 0 Å². The van der Waals surface area contributed by atoms with Crippen LogP contribution in [0.4, 0.5) is 0 Å². The number of hydrogen-bond donors (Lipinski definition) is 0. The van der Waals surface area contributed by atoms with Crippen LogP contribution in [-0.2, 0) is 12.8 Å². The molecule has 0 saturated heterocycles. The Bertz CT molecular complexity index is 399. The van der Waals surface area contributed by atoms with Gasteiger partial charge in [0.1, 0.15) is 6.33 Å². The summed E-state index contributed by atoms with van der Waals surface area (Å²) in [6.07, 6.45) is 3.25. The van der Waals surface area contributed by atoms with E-state index >= 15 is 0 Å². The van der Waals surface area contributed by atoms with Gasteiger partial charge < -0.3 is 0 Å². The fraction of sp³-hybridized carbons (Fsp3) is 0.182. The first-order valence-electron chi connectivity index (χ1n) is 4.65. The van der Waals surface area contributed by atoms with E-state index in [0.29, 0.717) is 0 Å². The molecule has 1 aliphatic heterocycles. The van der Waals surface area contributed by atoms with Gasteiger partial charge in [-0.1, -0.05) is 6.07 Å². The summed E-state index contributed by atoms with van der Waals surface area (Å²) in [5.41, 5.74) is 4.29. The minimum absolute atomic E-state index is 0.809. The Balaban J connectivity index is 2.17. The number of nitrogens with zero attached hydrogens (tertiary/aromatic N) is 3. The molecule has 14 heavy (non-hydrogen) atoms. The molecule has 4 bridgehead atoms. The summed E-state index contributed by atoms with van der Waals surface area (Å²) in [5.74, 6) is 0. The van der Waals surface area contributed by atoms with Crippen LogP contribution in [0.15, 0.2) is 30.6 Å². The van der Waals surface area contributed by atoms with Crippen molar-refractivity contribution in [3.05, 3.63) is 53.4 Å². The van der Waals surface area contributed by atoms with Crippen LogP contribution in [0, 0.1) is 0 Å². The van der Waals surface area contributed by atoms with Gasteiger partial charge >= 0.3 is 0 Å². The highest BCUT2D eigenvalue weighted by molar-refractivity contribution is 5.25. The molecule has 3 heteroatoms. The molecule has 2 aromatic rings. The first kappa shape index (κ1) is 7.62. The summed E-state index contributed by atoms with van der Waals surface area (Å²) in [6.45, 7) is 0. The van der Waals surface area contributed by atoms with Crippen molar-refractivity contribution >= 4 is 0 Å². The van der Waals surface area contributed by atoms with Crippen LogP contribution in [0.2, 0.25) is 0 Å². The van der Waals surface area contributed by atoms with Crippen LogP contribution >= 0.6 is 0 Å². The number of aromatic nitrogens is 3. The van der Waals surface area contributed by atoms with Gasteiger partial charge in [-0.05, 0) is 18.2 Å². The average molecular weight is 183 g/mol. The normalized spacial score (nSPS) is 13.1. The molecule has 0 aromatic carbocycles. The minimum atomic E-state index is 0.809. The van der Waals surface area contributed by atoms with Crippen molar-refractivity contribution in [3.63, 3.8) is 0 Å². The largest absolute Gasteiger partial charge is 0.257 e. The lowest BCUT2D eigenvalue weighted by atomic mass is 10.1. The zero-order valence-corrected chi connectivity index (χ0v) is 7.64. The lowest BCUT2D eigenvalue weighted by molar-refractivity contribution is 0.886. The minimum Gasteiger partial charge on any atom is -0.257 e. The van der Waals surface area contributed by atoms with Crippen LogP contribution in [0.5, 0.6) is 0 Å². The first-order chi connectivity index (χ1) is 6.90. The Hall–Kier alpha value is -1.77. The molecule has 0 N–H and O–H groups in total. The van der Waals surface area contributed by atoms with Gasteiger partial charge in [0.25, 0.3) is 0 Å². The number of rotatable bonds is 0. The van der Waals surface area contributed by atoms with Crippen molar-refractivity contribution in [1.29, 1.82) is 0 Å². The van der Waals surface area contributed by atoms with E-state index in [0.717, 1.165) is 35.6 Å². The fourth-order valence-electron chi connectivity index (χ4n) is 1.73. The molecule has 2 aromatic heterocycles. The van der Waals surface area contributed by atoms with Crippen molar-refractivity contribution in [1.82, 2.24) is 15.0 Å². The third kappa shape index (κ3) is 1.27. The summed E-state index contributed by atoms with van der Waals surface area (Å²) in [5, 5.41) is 0. The van der Waals surface area contributed by atoms with E-state index in [2.05, 4.69) is 21.0 Å². The van der Waals surface area contributed by atoms with E-state index < -0.39 is 0 Å². The molecule has 3 heterocycles. The number of pyridine rings is 1. The number of fused-ring (bicyclic) bond motifs is 4. The zero-order valence-electron chi connectivity index (χ0n) is 7.64. The molecule has 0 unspecified atom stereocenters. The summed E-state index contributed by atoms with van der Waals surface area (Å²) >= 11 is 0. The van der Waals surface area contributed by atoms with Crippen molar-refractivity contribution in [2.24, 2.45) is 0 Å². The van der Waals surface area contributed by atoms with E-state index in [1.165, 1.54) is 0 Å². The summed E-state index contributed by atoms with van der Waals surface area (Å²) in [7, 11) is 0. The van der Waals surface area contributed by atoms with Gasteiger partial charge in [0.15, 0.2) is 0 Å². The second-order valence-electron chi connectivity index (χ2n) is 3.47. The first-order valence-corrected chi connectivity index (χ1v) is 4.65. The molecule has 0 amide bonds. The van der Waals surface area contributed by atoms with E-state index in [4.69, 9.17) is 0 Å². The van der Waals surface area contributed by atoms with Gasteiger partial charge in [-0.15, -0.1) is 0 Å². The highest BCUT2D eigenvalue weighted by atomic mass is 14.9. The molecule has 3 rings (SSSR count). The van der Waals surface area contributed by atoms with Gasteiger partial charge in [0.05, 0.1) is 0 Å². The average Bonchev–Trinajstić information content (AvgIpc) is 2.17. The highest BCUT2D eigenvalue weighted by Gasteiger charge is 2.08. The smallest absolute Gasteiger partial charge is 0.115 e. The van der Waals surface area contributed by atoms with Crippen LogP contribution < -0.4 is 0 Å². The lowest BCUT2D eigenvalue weighted by Crippen LogP contribution is -2.05. The molecule has 0 spiro atoms. The SMILES string of the molecule is c1cc2nc(c1)Cc1cc(ncn1)C2. The van der Waals surface area contributed by atoms with Gasteiger partial charge in [0.2, 0.25) is 0 Å². The van der Waals surface area contributed by atoms with Crippen molar-refractivity contribution in [2.45, 2.75) is 12.8 Å². The van der Waals surface area contributed by atoms with Gasteiger partial charge in [-0.2, -0.15) is 0 Å². The zero-order chi connectivity index (χ0) is 9.38. The van der Waals surface area contributed by atoms with E-state index in [-0.39, 0.29) is 0 Å². The molecule has 68 valence electrons. The molecular formula is C11H9N3. The molecule has 0 aliphatic carbocycles. The van der Waals surface area contributed by atoms with Crippen LogP contribution in [0.1, 0.15) is 22.8 Å². The Labute approximate surface area is 81.9 Å². The second-order valence-corrected chi connectivity index (χ2v) is 3.47. The Kier molecular flexibility index (Phi) is 1.56. The molecular weight excluding hydrogens is 174 g/mol. The van der Waals surface area contributed by atoms with Crippen molar-refractivity contribution in [3.8, 4) is 0 Å². The summed E-state index contributed by atoms with van der Waals surface area (Å²) in [4.78, 5) is 12.9. The van der Waals surface area contributed by atoms with Crippen molar-refractivity contribution in [2.75, 3.05) is 0 Å². The summed E-state index contributed by atoms with van der Waals surface area (Å²) in [6, 6.07) is 8.18. The molecule has 1 aliphatic rings. The quantitative estimate of drug-likeness (QED) is 0.528. The number of hydrogen-bond acceptors (Lipinski definition) is 3. The molecule has 3 nitrogen and oxygen atoms in total. The Morgan fingerprint density at radius 3 is 2.14 bits per heavy atom. The third-order valence-corrected chi connectivity index (χ3v) is 2.37. The standard InChI is InChI=1S/C11H9N3/c1-2-8-4-10-6-11(13-7-12-10)5-9(3-1)14-8/h1-3,6-7H,4-5H2. The molecule has 0 radical (unpaired) electrons. The molecule has 0 saturated carbocycles. The topological polar surface area (TPSA) is 38.7 Å². The fourth-order valence-corrected chi connectivity index (χ4v) is 1.73. The maximum Gasteiger partial charge on any atom is 0.115 e. The molecule has 0 fully saturated rings. The highest BCUT2D eigenvalue weighted by Crippen LogP contribution is 2.13. The predicted octanol–water partition coefficient (Wildman–Crippen LogP) is 1.37. The van der Waals surface area contributed by atoms with Crippen LogP contribution in [-0.4, -0.2) is 15.0 Å². The predicted molar refractivity (Wildman–Crippen MR) is 51.9 cm³/mol. The van der Waals surface area contributed by atoms with E-state index in [9.17, 15) is 0 Å². The van der Waals surface area contributed by atoms with Gasteiger partial charge in [-0.25, -0.2) is 9.97 Å². The Morgan fingerprint density at radius 2 is 1.50 bits per heavy atom. The van der Waals surface area contributed by atoms with Gasteiger partial charge in [-0.3, -0.25) is 4.98 Å². The molecule has 0 atom stereocenters. The monoisotopic (exact) mass is 183 g/mol. The van der Waals surface area contributed by atoms with E-state index in [1.807, 2.05) is 18.2 Å². The van der Waals surface area contributed by atoms with Crippen LogP contribution in [0.25, 0.3) is 0 Å². The van der Waals surface area contributed by atoms with E-state index in [1.54, 1.807) is 6.33 Å². The Morgan fingerprint density at radius 1 is 0.857 bits per heavy atom. The maximum atomic E-state index is 4.52. The maximum absolute atomic E-state index is 4.52.